The molecule has 98 valence electrons. The second kappa shape index (κ2) is 4.39. The SMILES string of the molecule is Cn1cc(CCN2C3CCC2C(C(=O)O)C3)cn1. The molecular weight excluding hydrogens is 230 g/mol. The van der Waals surface area contributed by atoms with Crippen LogP contribution in [0.4, 0.5) is 0 Å². The number of rotatable bonds is 4. The molecule has 0 aliphatic carbocycles. The molecule has 3 unspecified atom stereocenters. The fraction of sp³-hybridized carbons (Fsp3) is 0.692. The van der Waals surface area contributed by atoms with Gasteiger partial charge in [0.25, 0.3) is 0 Å². The number of hydrogen-bond donors (Lipinski definition) is 1. The van der Waals surface area contributed by atoms with Crippen LogP contribution in [0.15, 0.2) is 12.4 Å². The summed E-state index contributed by atoms with van der Waals surface area (Å²) in [6, 6.07) is 0.761. The highest BCUT2D eigenvalue weighted by molar-refractivity contribution is 5.71. The lowest BCUT2D eigenvalue weighted by Gasteiger charge is -2.22. The molecule has 0 radical (unpaired) electrons. The highest BCUT2D eigenvalue weighted by Gasteiger charge is 2.48. The fourth-order valence-electron chi connectivity index (χ4n) is 3.57. The molecule has 1 aromatic heterocycles. The lowest BCUT2D eigenvalue weighted by Crippen LogP contribution is -2.34. The van der Waals surface area contributed by atoms with Crippen molar-refractivity contribution >= 4 is 5.97 Å². The maximum Gasteiger partial charge on any atom is 0.308 e. The molecule has 2 fully saturated rings. The lowest BCUT2D eigenvalue weighted by atomic mass is 9.89. The Labute approximate surface area is 106 Å². The number of aryl methyl sites for hydroxylation is 1. The zero-order chi connectivity index (χ0) is 12.7. The topological polar surface area (TPSA) is 58.4 Å². The van der Waals surface area contributed by atoms with Gasteiger partial charge in [0.1, 0.15) is 0 Å². The van der Waals surface area contributed by atoms with Gasteiger partial charge >= 0.3 is 5.97 Å². The molecule has 2 aliphatic rings. The van der Waals surface area contributed by atoms with Crippen molar-refractivity contribution < 1.29 is 9.90 Å². The van der Waals surface area contributed by atoms with Gasteiger partial charge in [-0.2, -0.15) is 5.10 Å². The first-order valence-electron chi connectivity index (χ1n) is 6.61. The van der Waals surface area contributed by atoms with Crippen molar-refractivity contribution in [3.8, 4) is 0 Å². The van der Waals surface area contributed by atoms with E-state index in [0.717, 1.165) is 25.8 Å². The molecule has 1 N–H and O–H groups in total. The van der Waals surface area contributed by atoms with E-state index < -0.39 is 5.97 Å². The molecule has 3 atom stereocenters. The van der Waals surface area contributed by atoms with Gasteiger partial charge in [-0.05, 0) is 31.2 Å². The molecule has 0 amide bonds. The average molecular weight is 249 g/mol. The smallest absolute Gasteiger partial charge is 0.308 e. The summed E-state index contributed by atoms with van der Waals surface area (Å²) in [5.74, 6) is -0.758. The van der Waals surface area contributed by atoms with E-state index >= 15 is 0 Å². The minimum absolute atomic E-state index is 0.141. The van der Waals surface area contributed by atoms with Gasteiger partial charge in [0.2, 0.25) is 0 Å². The summed E-state index contributed by atoms with van der Waals surface area (Å²) in [5, 5.41) is 13.4. The monoisotopic (exact) mass is 249 g/mol. The Kier molecular flexibility index (Phi) is 2.86. The molecule has 3 heterocycles. The van der Waals surface area contributed by atoms with Crippen molar-refractivity contribution in [2.45, 2.75) is 37.8 Å². The zero-order valence-corrected chi connectivity index (χ0v) is 10.6. The Bertz CT molecular complexity index is 457. The van der Waals surface area contributed by atoms with Crippen LogP contribution >= 0.6 is 0 Å². The van der Waals surface area contributed by atoms with E-state index in [1.165, 1.54) is 12.0 Å². The number of carboxylic acid groups (broad SMARTS) is 1. The minimum atomic E-state index is -0.617. The van der Waals surface area contributed by atoms with E-state index in [9.17, 15) is 9.90 Å². The molecule has 5 nitrogen and oxygen atoms in total. The molecule has 3 rings (SSSR count). The van der Waals surface area contributed by atoms with E-state index in [4.69, 9.17) is 0 Å². The number of aromatic nitrogens is 2. The fourth-order valence-corrected chi connectivity index (χ4v) is 3.57. The molecule has 2 bridgehead atoms. The number of hydrogen-bond acceptors (Lipinski definition) is 3. The summed E-state index contributed by atoms with van der Waals surface area (Å²) in [5.41, 5.74) is 1.23. The molecule has 2 saturated heterocycles. The van der Waals surface area contributed by atoms with Crippen LogP contribution in [-0.2, 0) is 18.3 Å². The van der Waals surface area contributed by atoms with Gasteiger partial charge in [-0.3, -0.25) is 14.4 Å². The van der Waals surface area contributed by atoms with Crippen molar-refractivity contribution in [2.75, 3.05) is 6.54 Å². The molecule has 1 aromatic rings. The van der Waals surface area contributed by atoms with Crippen LogP contribution in [0.2, 0.25) is 0 Å². The van der Waals surface area contributed by atoms with Gasteiger partial charge in [-0.25, -0.2) is 0 Å². The maximum absolute atomic E-state index is 11.2. The first-order valence-corrected chi connectivity index (χ1v) is 6.61. The third-order valence-electron chi connectivity index (χ3n) is 4.42. The van der Waals surface area contributed by atoms with E-state index in [2.05, 4.69) is 10.00 Å². The third kappa shape index (κ3) is 1.92. The van der Waals surface area contributed by atoms with Crippen molar-refractivity contribution in [3.05, 3.63) is 18.0 Å². The van der Waals surface area contributed by atoms with E-state index in [1.54, 1.807) is 0 Å². The molecule has 0 spiro atoms. The summed E-state index contributed by atoms with van der Waals surface area (Å²) in [6.07, 6.45) is 7.95. The van der Waals surface area contributed by atoms with Crippen LogP contribution in [0.3, 0.4) is 0 Å². The minimum Gasteiger partial charge on any atom is -0.481 e. The van der Waals surface area contributed by atoms with E-state index in [-0.39, 0.29) is 12.0 Å². The normalized spacial score (nSPS) is 31.1. The van der Waals surface area contributed by atoms with Crippen LogP contribution in [0, 0.1) is 5.92 Å². The predicted molar refractivity (Wildman–Crippen MR) is 66.2 cm³/mol. The third-order valence-corrected chi connectivity index (χ3v) is 4.42. The maximum atomic E-state index is 11.2. The second-order valence-corrected chi connectivity index (χ2v) is 5.49. The van der Waals surface area contributed by atoms with Crippen LogP contribution in [0.1, 0.15) is 24.8 Å². The predicted octanol–water partition coefficient (Wildman–Crippen LogP) is 0.900. The quantitative estimate of drug-likeness (QED) is 0.861. The number of carbonyl (C=O) groups is 1. The van der Waals surface area contributed by atoms with E-state index in [0.29, 0.717) is 6.04 Å². The van der Waals surface area contributed by atoms with Crippen LogP contribution in [0.5, 0.6) is 0 Å². The van der Waals surface area contributed by atoms with Gasteiger partial charge in [-0.15, -0.1) is 0 Å². The van der Waals surface area contributed by atoms with Gasteiger partial charge in [0, 0.05) is 31.9 Å². The molecule has 18 heavy (non-hydrogen) atoms. The summed E-state index contributed by atoms with van der Waals surface area (Å²) in [7, 11) is 1.92. The molecule has 0 saturated carbocycles. The van der Waals surface area contributed by atoms with Crippen LogP contribution in [-0.4, -0.2) is 44.4 Å². The van der Waals surface area contributed by atoms with Crippen molar-refractivity contribution in [1.82, 2.24) is 14.7 Å². The standard InChI is InChI=1S/C13H19N3O2/c1-15-8-9(7-14-15)4-5-16-10-2-3-12(16)11(6-10)13(17)18/h7-8,10-12H,2-6H2,1H3,(H,17,18). The number of fused-ring (bicyclic) bond motifs is 2. The number of nitrogens with zero attached hydrogens (tertiary/aromatic N) is 3. The van der Waals surface area contributed by atoms with E-state index in [1.807, 2.05) is 24.1 Å². The summed E-state index contributed by atoms with van der Waals surface area (Å²) < 4.78 is 1.81. The molecule has 0 aromatic carbocycles. The van der Waals surface area contributed by atoms with Gasteiger partial charge in [0.15, 0.2) is 0 Å². The molecular formula is C13H19N3O2. The molecule has 2 aliphatic heterocycles. The summed E-state index contributed by atoms with van der Waals surface area (Å²) in [6.45, 7) is 0.963. The van der Waals surface area contributed by atoms with Crippen LogP contribution < -0.4 is 0 Å². The zero-order valence-electron chi connectivity index (χ0n) is 10.6. The first kappa shape index (κ1) is 11.7. The largest absolute Gasteiger partial charge is 0.481 e. The summed E-state index contributed by atoms with van der Waals surface area (Å²) >= 11 is 0. The molecule has 5 heteroatoms. The van der Waals surface area contributed by atoms with Gasteiger partial charge in [-0.1, -0.05) is 0 Å². The van der Waals surface area contributed by atoms with Gasteiger partial charge < -0.3 is 5.11 Å². The highest BCUT2D eigenvalue weighted by Crippen LogP contribution is 2.41. The highest BCUT2D eigenvalue weighted by atomic mass is 16.4. The Hall–Kier alpha value is -1.36. The first-order chi connectivity index (χ1) is 8.65. The average Bonchev–Trinajstić information content (AvgIpc) is 3.00. The lowest BCUT2D eigenvalue weighted by molar-refractivity contribution is -0.142. The summed E-state index contributed by atoms with van der Waals surface area (Å²) in [4.78, 5) is 13.6. The van der Waals surface area contributed by atoms with Crippen molar-refractivity contribution in [2.24, 2.45) is 13.0 Å². The Balaban J connectivity index is 1.62. The Morgan fingerprint density at radius 1 is 1.56 bits per heavy atom. The Morgan fingerprint density at radius 3 is 3.00 bits per heavy atom. The number of aliphatic carboxylic acids is 1. The van der Waals surface area contributed by atoms with Crippen molar-refractivity contribution in [1.29, 1.82) is 0 Å². The van der Waals surface area contributed by atoms with Gasteiger partial charge in [0.05, 0.1) is 12.1 Å². The van der Waals surface area contributed by atoms with Crippen LogP contribution in [0.25, 0.3) is 0 Å². The number of carboxylic acids is 1. The Morgan fingerprint density at radius 2 is 2.39 bits per heavy atom. The second-order valence-electron chi connectivity index (χ2n) is 5.49. The van der Waals surface area contributed by atoms with Crippen molar-refractivity contribution in [3.63, 3.8) is 0 Å².